The molecule has 0 aromatic carbocycles. The van der Waals surface area contributed by atoms with Crippen LogP contribution in [-0.4, -0.2) is 24.0 Å². The first kappa shape index (κ1) is 12.7. The van der Waals surface area contributed by atoms with Crippen molar-refractivity contribution in [3.05, 3.63) is 64.5 Å². The molecular weight excluding hydrogens is 278 g/mol. The zero-order chi connectivity index (χ0) is 15.3. The fourth-order valence-electron chi connectivity index (χ4n) is 2.60. The van der Waals surface area contributed by atoms with E-state index in [-0.39, 0.29) is 5.56 Å². The van der Waals surface area contributed by atoms with Gasteiger partial charge in [0.25, 0.3) is 5.56 Å². The quantitative estimate of drug-likeness (QED) is 0.538. The van der Waals surface area contributed by atoms with E-state index in [1.54, 1.807) is 22.8 Å². The molecule has 6 nitrogen and oxygen atoms in total. The summed E-state index contributed by atoms with van der Waals surface area (Å²) < 4.78 is 3.29. The monoisotopic (exact) mass is 291 g/mol. The molecule has 0 unspecified atom stereocenters. The molecule has 0 aliphatic rings. The summed E-state index contributed by atoms with van der Waals surface area (Å²) >= 11 is 0. The second-order valence-electron chi connectivity index (χ2n) is 5.24. The van der Waals surface area contributed by atoms with E-state index in [1.807, 2.05) is 32.2 Å². The maximum absolute atomic E-state index is 12.2. The molecule has 4 heterocycles. The molecule has 6 heteroatoms. The standard InChI is InChI=1S/C16H13N5O/c1-10-9-21-14(11(2)17-10)7-13(19-21)12-8-16(22)20-6-4-3-5-15(20)18-12/h3-9H,1-2H3. The number of pyridine rings is 1. The first-order valence-electron chi connectivity index (χ1n) is 6.94. The number of hydrogen-bond acceptors (Lipinski definition) is 4. The van der Waals surface area contributed by atoms with Gasteiger partial charge >= 0.3 is 0 Å². The average Bonchev–Trinajstić information content (AvgIpc) is 2.91. The third kappa shape index (κ3) is 1.88. The molecule has 0 spiro atoms. The molecule has 0 amide bonds. The Kier molecular flexibility index (Phi) is 2.59. The number of hydrogen-bond donors (Lipinski definition) is 0. The predicted molar refractivity (Wildman–Crippen MR) is 82.9 cm³/mol. The van der Waals surface area contributed by atoms with Crippen molar-refractivity contribution in [2.45, 2.75) is 13.8 Å². The molecule has 0 radical (unpaired) electrons. The molecular formula is C16H13N5O. The van der Waals surface area contributed by atoms with E-state index >= 15 is 0 Å². The lowest BCUT2D eigenvalue weighted by molar-refractivity contribution is 0.914. The van der Waals surface area contributed by atoms with Crippen LogP contribution in [0.4, 0.5) is 0 Å². The van der Waals surface area contributed by atoms with Gasteiger partial charge in [-0.15, -0.1) is 0 Å². The molecule has 0 bridgehead atoms. The van der Waals surface area contributed by atoms with Gasteiger partial charge in [-0.3, -0.25) is 14.2 Å². The third-order valence-electron chi connectivity index (χ3n) is 3.59. The van der Waals surface area contributed by atoms with Crippen molar-refractivity contribution >= 4 is 11.2 Å². The predicted octanol–water partition coefficient (Wildman–Crippen LogP) is 2.02. The summed E-state index contributed by atoms with van der Waals surface area (Å²) in [5.41, 5.74) is 4.42. The zero-order valence-electron chi connectivity index (χ0n) is 12.2. The highest BCUT2D eigenvalue weighted by Crippen LogP contribution is 2.19. The Bertz CT molecular complexity index is 1080. The second-order valence-corrected chi connectivity index (χ2v) is 5.24. The van der Waals surface area contributed by atoms with Crippen molar-refractivity contribution in [1.29, 1.82) is 0 Å². The van der Waals surface area contributed by atoms with Crippen molar-refractivity contribution in [2.75, 3.05) is 0 Å². The van der Waals surface area contributed by atoms with Gasteiger partial charge in [-0.25, -0.2) is 9.50 Å². The Hall–Kier alpha value is -3.02. The van der Waals surface area contributed by atoms with Crippen LogP contribution in [0.25, 0.3) is 22.6 Å². The number of aryl methyl sites for hydroxylation is 2. The smallest absolute Gasteiger partial charge is 0.258 e. The number of rotatable bonds is 1. The van der Waals surface area contributed by atoms with E-state index in [0.29, 0.717) is 17.0 Å². The summed E-state index contributed by atoms with van der Waals surface area (Å²) in [7, 11) is 0. The van der Waals surface area contributed by atoms with Crippen LogP contribution in [0.1, 0.15) is 11.4 Å². The van der Waals surface area contributed by atoms with Crippen LogP contribution in [0.5, 0.6) is 0 Å². The van der Waals surface area contributed by atoms with Gasteiger partial charge in [-0.1, -0.05) is 6.07 Å². The normalized spacial score (nSPS) is 11.4. The Labute approximate surface area is 125 Å². The average molecular weight is 291 g/mol. The lowest BCUT2D eigenvalue weighted by atomic mass is 10.2. The van der Waals surface area contributed by atoms with Gasteiger partial charge in [0.15, 0.2) is 0 Å². The molecule has 4 aromatic heterocycles. The second kappa shape index (κ2) is 4.49. The highest BCUT2D eigenvalue weighted by Gasteiger charge is 2.11. The SMILES string of the molecule is Cc1cn2nc(-c3cc(=O)n4ccccc4n3)cc2c(C)n1. The highest BCUT2D eigenvalue weighted by atomic mass is 16.1. The Balaban J connectivity index is 1.99. The molecule has 0 atom stereocenters. The van der Waals surface area contributed by atoms with Gasteiger partial charge in [0.05, 0.1) is 28.8 Å². The molecule has 4 rings (SSSR count). The Morgan fingerprint density at radius 2 is 1.91 bits per heavy atom. The largest absolute Gasteiger partial charge is 0.269 e. The van der Waals surface area contributed by atoms with E-state index in [2.05, 4.69) is 15.1 Å². The van der Waals surface area contributed by atoms with Crippen LogP contribution < -0.4 is 5.56 Å². The molecule has 0 N–H and O–H groups in total. The van der Waals surface area contributed by atoms with E-state index in [1.165, 1.54) is 10.5 Å². The van der Waals surface area contributed by atoms with Crippen molar-refractivity contribution in [3.63, 3.8) is 0 Å². The number of fused-ring (bicyclic) bond motifs is 2. The van der Waals surface area contributed by atoms with Crippen LogP contribution in [0.3, 0.4) is 0 Å². The van der Waals surface area contributed by atoms with Crippen molar-refractivity contribution in [1.82, 2.24) is 24.0 Å². The van der Waals surface area contributed by atoms with Crippen LogP contribution in [0.15, 0.2) is 47.5 Å². The van der Waals surface area contributed by atoms with Crippen LogP contribution in [0.2, 0.25) is 0 Å². The molecule has 0 aliphatic heterocycles. The van der Waals surface area contributed by atoms with Gasteiger partial charge in [0.2, 0.25) is 0 Å². The maximum Gasteiger partial charge on any atom is 0.258 e. The minimum atomic E-state index is -0.122. The lowest BCUT2D eigenvalue weighted by Crippen LogP contribution is -2.13. The topological polar surface area (TPSA) is 64.6 Å². The summed E-state index contributed by atoms with van der Waals surface area (Å²) in [5, 5.41) is 4.52. The van der Waals surface area contributed by atoms with Crippen LogP contribution in [-0.2, 0) is 0 Å². The van der Waals surface area contributed by atoms with Crippen LogP contribution in [0, 0.1) is 13.8 Å². The summed E-state index contributed by atoms with van der Waals surface area (Å²) in [4.78, 5) is 21.1. The van der Waals surface area contributed by atoms with E-state index in [4.69, 9.17) is 0 Å². The molecule has 108 valence electrons. The Morgan fingerprint density at radius 3 is 2.77 bits per heavy atom. The van der Waals surface area contributed by atoms with E-state index in [9.17, 15) is 4.79 Å². The Morgan fingerprint density at radius 1 is 1.05 bits per heavy atom. The van der Waals surface area contributed by atoms with Crippen LogP contribution >= 0.6 is 0 Å². The summed E-state index contributed by atoms with van der Waals surface area (Å²) in [6.45, 7) is 3.87. The van der Waals surface area contributed by atoms with Gasteiger partial charge in [0, 0.05) is 12.3 Å². The first-order valence-corrected chi connectivity index (χ1v) is 6.94. The van der Waals surface area contributed by atoms with Gasteiger partial charge in [-0.05, 0) is 32.0 Å². The van der Waals surface area contributed by atoms with E-state index < -0.39 is 0 Å². The molecule has 0 aliphatic carbocycles. The zero-order valence-corrected chi connectivity index (χ0v) is 12.2. The minimum absolute atomic E-state index is 0.122. The molecule has 0 saturated heterocycles. The third-order valence-corrected chi connectivity index (χ3v) is 3.59. The molecule has 4 aromatic rings. The molecule has 22 heavy (non-hydrogen) atoms. The first-order chi connectivity index (χ1) is 10.6. The molecule has 0 fully saturated rings. The van der Waals surface area contributed by atoms with Crippen molar-refractivity contribution in [3.8, 4) is 11.4 Å². The maximum atomic E-state index is 12.2. The summed E-state index contributed by atoms with van der Waals surface area (Å²) in [6.07, 6.45) is 3.56. The fraction of sp³-hybridized carbons (Fsp3) is 0.125. The van der Waals surface area contributed by atoms with Gasteiger partial charge in [0.1, 0.15) is 11.3 Å². The van der Waals surface area contributed by atoms with Gasteiger partial charge < -0.3 is 0 Å². The number of nitrogens with zero attached hydrogens (tertiary/aromatic N) is 5. The van der Waals surface area contributed by atoms with Crippen molar-refractivity contribution in [2.24, 2.45) is 0 Å². The summed E-state index contributed by atoms with van der Waals surface area (Å²) in [5.74, 6) is 0. The number of aromatic nitrogens is 5. The fourth-order valence-corrected chi connectivity index (χ4v) is 2.60. The summed E-state index contributed by atoms with van der Waals surface area (Å²) in [6, 6.07) is 8.87. The highest BCUT2D eigenvalue weighted by molar-refractivity contribution is 5.65. The lowest BCUT2D eigenvalue weighted by Gasteiger charge is -2.00. The van der Waals surface area contributed by atoms with Crippen molar-refractivity contribution < 1.29 is 0 Å². The minimum Gasteiger partial charge on any atom is -0.269 e. The van der Waals surface area contributed by atoms with E-state index in [0.717, 1.165) is 16.9 Å². The van der Waals surface area contributed by atoms with Gasteiger partial charge in [-0.2, -0.15) is 5.10 Å². The molecule has 0 saturated carbocycles.